The van der Waals surface area contributed by atoms with Crippen LogP contribution in [0.25, 0.3) is 0 Å². The Kier molecular flexibility index (Phi) is 7.91. The standard InChI is InChI=1S/C31H33FN4O3/c1-34(21-22-7-3-2-4-8-22)31(39)27-20-26(33-29(37)23-11-12-23)13-14-28(27)35-15-6-16-36(18-17-35)30(38)24-9-5-10-25(32)19-24/h2-5,7-10,13-14,19-20,23H,6,11-12,15-18,21H2,1H3,(H,33,37). The molecular formula is C31H33FN4O3. The van der Waals surface area contributed by atoms with Gasteiger partial charge in [0.25, 0.3) is 11.8 Å². The van der Waals surface area contributed by atoms with E-state index in [1.54, 1.807) is 35.0 Å². The molecule has 5 rings (SSSR count). The Hall–Kier alpha value is -4.20. The van der Waals surface area contributed by atoms with E-state index in [-0.39, 0.29) is 23.6 Å². The first-order valence-corrected chi connectivity index (χ1v) is 13.4. The molecule has 0 atom stereocenters. The van der Waals surface area contributed by atoms with Crippen LogP contribution < -0.4 is 10.2 Å². The van der Waals surface area contributed by atoms with E-state index in [2.05, 4.69) is 10.2 Å². The first kappa shape index (κ1) is 26.4. The molecule has 2 aliphatic rings. The summed E-state index contributed by atoms with van der Waals surface area (Å²) in [6, 6.07) is 21.0. The molecule has 1 N–H and O–H groups in total. The maximum atomic E-state index is 13.8. The van der Waals surface area contributed by atoms with E-state index in [0.717, 1.165) is 24.1 Å². The zero-order valence-corrected chi connectivity index (χ0v) is 22.1. The third-order valence-corrected chi connectivity index (χ3v) is 7.25. The Labute approximate surface area is 228 Å². The number of hydrogen-bond acceptors (Lipinski definition) is 4. The molecule has 7 nitrogen and oxygen atoms in total. The van der Waals surface area contributed by atoms with Gasteiger partial charge in [-0.05, 0) is 61.2 Å². The summed E-state index contributed by atoms with van der Waals surface area (Å²) in [6.07, 6.45) is 2.50. The Morgan fingerprint density at radius 1 is 0.923 bits per heavy atom. The second kappa shape index (κ2) is 11.7. The number of carbonyl (C=O) groups is 3. The van der Waals surface area contributed by atoms with Gasteiger partial charge in [-0.1, -0.05) is 36.4 Å². The monoisotopic (exact) mass is 528 g/mol. The average Bonchev–Trinajstić information content (AvgIpc) is 3.81. The molecule has 0 radical (unpaired) electrons. The largest absolute Gasteiger partial charge is 0.369 e. The number of anilines is 2. The Morgan fingerprint density at radius 3 is 2.46 bits per heavy atom. The maximum Gasteiger partial charge on any atom is 0.256 e. The number of hydrogen-bond donors (Lipinski definition) is 1. The number of benzene rings is 3. The second-order valence-corrected chi connectivity index (χ2v) is 10.3. The van der Waals surface area contributed by atoms with Crippen LogP contribution in [0.5, 0.6) is 0 Å². The lowest BCUT2D eigenvalue weighted by atomic mass is 10.1. The van der Waals surface area contributed by atoms with Crippen molar-refractivity contribution in [3.05, 3.63) is 95.3 Å². The SMILES string of the molecule is CN(Cc1ccccc1)C(=O)c1cc(NC(=O)C2CC2)ccc1N1CCCN(C(=O)c2cccc(F)c2)CC1. The molecule has 0 aromatic heterocycles. The van der Waals surface area contributed by atoms with E-state index in [9.17, 15) is 18.8 Å². The molecule has 39 heavy (non-hydrogen) atoms. The molecule has 0 spiro atoms. The molecule has 2 fully saturated rings. The lowest BCUT2D eigenvalue weighted by molar-refractivity contribution is -0.117. The van der Waals surface area contributed by atoms with Gasteiger partial charge >= 0.3 is 0 Å². The highest BCUT2D eigenvalue weighted by molar-refractivity contribution is 6.02. The van der Waals surface area contributed by atoms with Crippen LogP contribution in [0.15, 0.2) is 72.8 Å². The van der Waals surface area contributed by atoms with Crippen LogP contribution >= 0.6 is 0 Å². The van der Waals surface area contributed by atoms with Crippen molar-refractivity contribution in [2.45, 2.75) is 25.8 Å². The summed E-state index contributed by atoms with van der Waals surface area (Å²) in [5, 5.41) is 2.96. The summed E-state index contributed by atoms with van der Waals surface area (Å²) in [5.74, 6) is -0.743. The second-order valence-electron chi connectivity index (χ2n) is 10.3. The third kappa shape index (κ3) is 6.45. The molecule has 1 saturated heterocycles. The minimum Gasteiger partial charge on any atom is -0.369 e. The van der Waals surface area contributed by atoms with Crippen LogP contribution in [0.3, 0.4) is 0 Å². The zero-order chi connectivity index (χ0) is 27.4. The van der Waals surface area contributed by atoms with E-state index in [1.807, 2.05) is 42.5 Å². The number of halogens is 1. The van der Waals surface area contributed by atoms with Gasteiger partial charge in [-0.15, -0.1) is 0 Å². The minimum atomic E-state index is -0.436. The molecule has 3 aromatic rings. The predicted octanol–water partition coefficient (Wildman–Crippen LogP) is 4.80. The van der Waals surface area contributed by atoms with E-state index < -0.39 is 5.82 Å². The Balaban J connectivity index is 1.37. The highest BCUT2D eigenvalue weighted by atomic mass is 19.1. The van der Waals surface area contributed by atoms with Crippen molar-refractivity contribution in [3.8, 4) is 0 Å². The number of amides is 3. The number of nitrogens with zero attached hydrogens (tertiary/aromatic N) is 3. The van der Waals surface area contributed by atoms with Crippen molar-refractivity contribution in [2.24, 2.45) is 5.92 Å². The fourth-order valence-electron chi connectivity index (χ4n) is 4.95. The van der Waals surface area contributed by atoms with Gasteiger partial charge in [-0.3, -0.25) is 14.4 Å². The summed E-state index contributed by atoms with van der Waals surface area (Å²) in [6.45, 7) is 2.62. The van der Waals surface area contributed by atoms with E-state index >= 15 is 0 Å². The van der Waals surface area contributed by atoms with Gasteiger partial charge < -0.3 is 20.0 Å². The van der Waals surface area contributed by atoms with Gasteiger partial charge in [-0.25, -0.2) is 4.39 Å². The van der Waals surface area contributed by atoms with E-state index in [1.165, 1.54) is 12.1 Å². The molecule has 1 saturated carbocycles. The van der Waals surface area contributed by atoms with Crippen LogP contribution in [0, 0.1) is 11.7 Å². The molecule has 8 heteroatoms. The summed E-state index contributed by atoms with van der Waals surface area (Å²) in [4.78, 5) is 44.8. The average molecular weight is 529 g/mol. The van der Waals surface area contributed by atoms with Gasteiger partial charge in [0.1, 0.15) is 5.82 Å². The molecule has 3 amide bonds. The minimum absolute atomic E-state index is 0.0138. The molecule has 1 aliphatic heterocycles. The van der Waals surface area contributed by atoms with Crippen molar-refractivity contribution < 1.29 is 18.8 Å². The smallest absolute Gasteiger partial charge is 0.256 e. The van der Waals surface area contributed by atoms with Gasteiger partial charge in [0.05, 0.1) is 5.56 Å². The van der Waals surface area contributed by atoms with Crippen LogP contribution in [-0.4, -0.2) is 60.7 Å². The van der Waals surface area contributed by atoms with Crippen LogP contribution in [0.4, 0.5) is 15.8 Å². The highest BCUT2D eigenvalue weighted by Gasteiger charge is 2.30. The fraction of sp³-hybridized carbons (Fsp3) is 0.323. The van der Waals surface area contributed by atoms with Crippen molar-refractivity contribution in [2.75, 3.05) is 43.4 Å². The van der Waals surface area contributed by atoms with Crippen molar-refractivity contribution in [3.63, 3.8) is 0 Å². The molecular weight excluding hydrogens is 495 g/mol. The van der Waals surface area contributed by atoms with Crippen LogP contribution in [0.1, 0.15) is 45.5 Å². The summed E-state index contributed by atoms with van der Waals surface area (Å²) in [7, 11) is 1.77. The molecule has 1 heterocycles. The predicted molar refractivity (Wildman–Crippen MR) is 149 cm³/mol. The Bertz CT molecular complexity index is 1360. The van der Waals surface area contributed by atoms with Crippen LogP contribution in [-0.2, 0) is 11.3 Å². The third-order valence-electron chi connectivity index (χ3n) is 7.25. The van der Waals surface area contributed by atoms with Crippen molar-refractivity contribution in [1.29, 1.82) is 0 Å². The summed E-state index contributed by atoms with van der Waals surface area (Å²) in [5.41, 5.74) is 3.23. The Morgan fingerprint density at radius 2 is 1.72 bits per heavy atom. The van der Waals surface area contributed by atoms with Gasteiger partial charge in [0.15, 0.2) is 0 Å². The lowest BCUT2D eigenvalue weighted by Gasteiger charge is -2.28. The number of carbonyl (C=O) groups excluding carboxylic acids is 3. The van der Waals surface area contributed by atoms with Gasteiger partial charge in [0, 0.05) is 62.6 Å². The fourth-order valence-corrected chi connectivity index (χ4v) is 4.95. The first-order chi connectivity index (χ1) is 18.9. The normalized spacial score (nSPS) is 15.4. The van der Waals surface area contributed by atoms with E-state index in [0.29, 0.717) is 56.0 Å². The molecule has 3 aromatic carbocycles. The van der Waals surface area contributed by atoms with Gasteiger partial charge in [0.2, 0.25) is 5.91 Å². The molecule has 0 bridgehead atoms. The first-order valence-electron chi connectivity index (χ1n) is 13.4. The number of nitrogens with one attached hydrogen (secondary N) is 1. The lowest BCUT2D eigenvalue weighted by Crippen LogP contribution is -2.36. The summed E-state index contributed by atoms with van der Waals surface area (Å²) >= 11 is 0. The van der Waals surface area contributed by atoms with Gasteiger partial charge in [-0.2, -0.15) is 0 Å². The molecule has 0 unspecified atom stereocenters. The van der Waals surface area contributed by atoms with Crippen LogP contribution in [0.2, 0.25) is 0 Å². The molecule has 202 valence electrons. The topological polar surface area (TPSA) is 73.0 Å². The van der Waals surface area contributed by atoms with E-state index in [4.69, 9.17) is 0 Å². The number of rotatable bonds is 7. The summed E-state index contributed by atoms with van der Waals surface area (Å²) < 4.78 is 13.7. The maximum absolute atomic E-state index is 13.8. The van der Waals surface area contributed by atoms with Crippen molar-refractivity contribution in [1.82, 2.24) is 9.80 Å². The highest BCUT2D eigenvalue weighted by Crippen LogP contribution is 2.32. The zero-order valence-electron chi connectivity index (χ0n) is 22.1. The van der Waals surface area contributed by atoms with Crippen molar-refractivity contribution >= 4 is 29.1 Å². The quantitative estimate of drug-likeness (QED) is 0.478. The molecule has 1 aliphatic carbocycles.